The number of benzene rings is 1. The number of methoxy groups -OCH3 is 1. The molecule has 1 aromatic carbocycles. The summed E-state index contributed by atoms with van der Waals surface area (Å²) in [6.07, 6.45) is 2.63. The average Bonchev–Trinajstić information content (AvgIpc) is 3.19. The van der Waals surface area contributed by atoms with Gasteiger partial charge >= 0.3 is 0 Å². The summed E-state index contributed by atoms with van der Waals surface area (Å²) in [7, 11) is 1.62. The largest absolute Gasteiger partial charge is 0.496 e. The molecule has 4 heteroatoms. The molecular weight excluding hydrogens is 226 g/mol. The fourth-order valence-corrected chi connectivity index (χ4v) is 2.23. The first-order valence-corrected chi connectivity index (χ1v) is 6.41. The highest BCUT2D eigenvalue weighted by Gasteiger charge is 2.27. The molecule has 1 fully saturated rings. The SMILES string of the molecule is CCN(Cc1ccc(C(=N)N)c(OC)c1)C1CC1. The molecule has 0 unspecified atom stereocenters. The number of nitrogens with two attached hydrogens (primary N) is 1. The lowest BCUT2D eigenvalue weighted by molar-refractivity contribution is 0.269. The molecule has 1 saturated carbocycles. The summed E-state index contributed by atoms with van der Waals surface area (Å²) in [6.45, 7) is 4.21. The van der Waals surface area contributed by atoms with Gasteiger partial charge in [-0.3, -0.25) is 10.3 Å². The predicted octanol–water partition coefficient (Wildman–Crippen LogP) is 1.96. The van der Waals surface area contributed by atoms with E-state index in [1.807, 2.05) is 18.2 Å². The lowest BCUT2D eigenvalue weighted by Crippen LogP contribution is -2.25. The molecule has 0 spiro atoms. The fourth-order valence-electron chi connectivity index (χ4n) is 2.23. The van der Waals surface area contributed by atoms with Crippen LogP contribution in [-0.4, -0.2) is 30.4 Å². The van der Waals surface area contributed by atoms with Crippen LogP contribution in [0.5, 0.6) is 5.75 Å². The summed E-state index contributed by atoms with van der Waals surface area (Å²) in [4.78, 5) is 2.47. The molecule has 0 radical (unpaired) electrons. The number of nitrogens with one attached hydrogen (secondary N) is 1. The van der Waals surface area contributed by atoms with Gasteiger partial charge in [0, 0.05) is 12.6 Å². The van der Waals surface area contributed by atoms with Crippen molar-refractivity contribution in [3.05, 3.63) is 29.3 Å². The van der Waals surface area contributed by atoms with Gasteiger partial charge in [0.1, 0.15) is 11.6 Å². The van der Waals surface area contributed by atoms with E-state index in [1.54, 1.807) is 7.11 Å². The Labute approximate surface area is 108 Å². The number of nitrogens with zero attached hydrogens (tertiary/aromatic N) is 1. The first-order valence-electron chi connectivity index (χ1n) is 6.41. The maximum atomic E-state index is 7.49. The molecular formula is C14H21N3O. The maximum Gasteiger partial charge on any atom is 0.130 e. The van der Waals surface area contributed by atoms with Crippen LogP contribution in [-0.2, 0) is 6.54 Å². The number of nitrogen functional groups attached to an aromatic ring is 1. The number of ether oxygens (including phenoxy) is 1. The molecule has 2 rings (SSSR count). The highest BCUT2D eigenvalue weighted by molar-refractivity contribution is 5.97. The molecule has 0 saturated heterocycles. The molecule has 0 bridgehead atoms. The van der Waals surface area contributed by atoms with E-state index in [9.17, 15) is 0 Å². The first kappa shape index (κ1) is 12.9. The van der Waals surface area contributed by atoms with Crippen LogP contribution >= 0.6 is 0 Å². The lowest BCUT2D eigenvalue weighted by Gasteiger charge is -2.20. The van der Waals surface area contributed by atoms with Crippen molar-refractivity contribution in [1.82, 2.24) is 4.90 Å². The highest BCUT2D eigenvalue weighted by Crippen LogP contribution is 2.29. The third kappa shape index (κ3) is 2.82. The van der Waals surface area contributed by atoms with Gasteiger partial charge in [-0.2, -0.15) is 0 Å². The molecule has 1 aliphatic rings. The zero-order chi connectivity index (χ0) is 13.1. The van der Waals surface area contributed by atoms with Crippen molar-refractivity contribution in [1.29, 1.82) is 5.41 Å². The Bertz CT molecular complexity index is 441. The van der Waals surface area contributed by atoms with Crippen molar-refractivity contribution >= 4 is 5.84 Å². The number of amidine groups is 1. The van der Waals surface area contributed by atoms with Crippen LogP contribution in [0.15, 0.2) is 18.2 Å². The predicted molar refractivity (Wildman–Crippen MR) is 73.1 cm³/mol. The molecule has 1 aromatic rings. The number of hydrogen-bond donors (Lipinski definition) is 2. The van der Waals surface area contributed by atoms with Gasteiger partial charge in [-0.15, -0.1) is 0 Å². The Kier molecular flexibility index (Phi) is 3.87. The van der Waals surface area contributed by atoms with Crippen molar-refractivity contribution in [3.8, 4) is 5.75 Å². The average molecular weight is 247 g/mol. The molecule has 0 heterocycles. The summed E-state index contributed by atoms with van der Waals surface area (Å²) >= 11 is 0. The van der Waals surface area contributed by atoms with Gasteiger partial charge in [-0.1, -0.05) is 13.0 Å². The smallest absolute Gasteiger partial charge is 0.130 e. The van der Waals surface area contributed by atoms with E-state index in [0.717, 1.165) is 19.1 Å². The van der Waals surface area contributed by atoms with Crippen LogP contribution in [0, 0.1) is 5.41 Å². The van der Waals surface area contributed by atoms with Gasteiger partial charge in [0.05, 0.1) is 12.7 Å². The zero-order valence-corrected chi connectivity index (χ0v) is 11.1. The van der Waals surface area contributed by atoms with E-state index >= 15 is 0 Å². The third-order valence-electron chi connectivity index (χ3n) is 3.41. The number of hydrogen-bond acceptors (Lipinski definition) is 3. The summed E-state index contributed by atoms with van der Waals surface area (Å²) < 4.78 is 5.30. The highest BCUT2D eigenvalue weighted by atomic mass is 16.5. The molecule has 18 heavy (non-hydrogen) atoms. The molecule has 0 amide bonds. The first-order chi connectivity index (χ1) is 8.65. The summed E-state index contributed by atoms with van der Waals surface area (Å²) in [6, 6.07) is 6.65. The Morgan fingerprint density at radius 1 is 1.50 bits per heavy atom. The van der Waals surface area contributed by atoms with Gasteiger partial charge in [0.15, 0.2) is 0 Å². The molecule has 1 aliphatic carbocycles. The van der Waals surface area contributed by atoms with Crippen LogP contribution in [0.3, 0.4) is 0 Å². The van der Waals surface area contributed by atoms with Crippen LogP contribution in [0.4, 0.5) is 0 Å². The zero-order valence-electron chi connectivity index (χ0n) is 11.1. The topological polar surface area (TPSA) is 62.3 Å². The van der Waals surface area contributed by atoms with Crippen LogP contribution in [0.1, 0.15) is 30.9 Å². The van der Waals surface area contributed by atoms with E-state index in [0.29, 0.717) is 11.3 Å². The summed E-state index contributed by atoms with van der Waals surface area (Å²) in [5, 5.41) is 7.49. The third-order valence-corrected chi connectivity index (χ3v) is 3.41. The standard InChI is InChI=1S/C14H21N3O/c1-3-17(11-5-6-11)9-10-4-7-12(14(15)16)13(8-10)18-2/h4,7-8,11H,3,5-6,9H2,1-2H3,(H3,15,16). The van der Waals surface area contributed by atoms with E-state index in [-0.39, 0.29) is 5.84 Å². The van der Waals surface area contributed by atoms with Crippen molar-refractivity contribution < 1.29 is 4.74 Å². The molecule has 0 aromatic heterocycles. The van der Waals surface area contributed by atoms with Gasteiger partial charge < -0.3 is 10.5 Å². The van der Waals surface area contributed by atoms with Crippen molar-refractivity contribution in [3.63, 3.8) is 0 Å². The normalized spacial score (nSPS) is 14.8. The summed E-state index contributed by atoms with van der Waals surface area (Å²) in [5.74, 6) is 0.736. The second kappa shape index (κ2) is 5.40. The maximum absolute atomic E-state index is 7.49. The second-order valence-corrected chi connectivity index (χ2v) is 4.74. The minimum Gasteiger partial charge on any atom is -0.496 e. The molecule has 0 aliphatic heterocycles. The number of rotatable bonds is 6. The van der Waals surface area contributed by atoms with Crippen LogP contribution in [0.25, 0.3) is 0 Å². The molecule has 0 atom stereocenters. The van der Waals surface area contributed by atoms with Crippen molar-refractivity contribution in [2.24, 2.45) is 5.73 Å². The Balaban J connectivity index is 2.15. The van der Waals surface area contributed by atoms with E-state index in [4.69, 9.17) is 15.9 Å². The van der Waals surface area contributed by atoms with Crippen LogP contribution < -0.4 is 10.5 Å². The minimum absolute atomic E-state index is 0.0490. The fraction of sp³-hybridized carbons (Fsp3) is 0.500. The van der Waals surface area contributed by atoms with Gasteiger partial charge in [0.2, 0.25) is 0 Å². The van der Waals surface area contributed by atoms with Gasteiger partial charge in [-0.05, 0) is 37.1 Å². The molecule has 3 N–H and O–H groups in total. The van der Waals surface area contributed by atoms with E-state index in [2.05, 4.69) is 11.8 Å². The summed E-state index contributed by atoms with van der Waals surface area (Å²) in [5.41, 5.74) is 7.39. The van der Waals surface area contributed by atoms with Crippen molar-refractivity contribution in [2.45, 2.75) is 32.4 Å². The van der Waals surface area contributed by atoms with Crippen molar-refractivity contribution in [2.75, 3.05) is 13.7 Å². The van der Waals surface area contributed by atoms with E-state index in [1.165, 1.54) is 18.4 Å². The van der Waals surface area contributed by atoms with Gasteiger partial charge in [0.25, 0.3) is 0 Å². The van der Waals surface area contributed by atoms with E-state index < -0.39 is 0 Å². The Morgan fingerprint density at radius 3 is 2.72 bits per heavy atom. The monoisotopic (exact) mass is 247 g/mol. The quantitative estimate of drug-likeness (QED) is 0.596. The van der Waals surface area contributed by atoms with Gasteiger partial charge in [-0.25, -0.2) is 0 Å². The molecule has 4 nitrogen and oxygen atoms in total. The minimum atomic E-state index is 0.0490. The molecule has 98 valence electrons. The Hall–Kier alpha value is -1.55. The lowest BCUT2D eigenvalue weighted by atomic mass is 10.1. The Morgan fingerprint density at radius 2 is 2.22 bits per heavy atom. The second-order valence-electron chi connectivity index (χ2n) is 4.74. The van der Waals surface area contributed by atoms with Crippen LogP contribution in [0.2, 0.25) is 0 Å².